The maximum absolute atomic E-state index is 13.6. The van der Waals surface area contributed by atoms with E-state index in [2.05, 4.69) is 28.5 Å². The van der Waals surface area contributed by atoms with Gasteiger partial charge in [-0.15, -0.1) is 0 Å². The monoisotopic (exact) mass is 467 g/mol. The quantitative estimate of drug-likeness (QED) is 0.376. The molecule has 1 unspecified atom stereocenters. The molecule has 0 bridgehead atoms. The standard InChI is InChI=1S/C28H29N5O2/c1-2-6-18-9-11-22-20(15-18)13-14-33(28(22)35)25(16-19-7-4-3-5-8-19)27(34)30-21-10-12-23-24(17-21)31-32-26(23)29/h3-5,7-12,15,17,25H,2,6,13-14,16H2,1H3,(H,30,34)(H3,29,31,32). The highest BCUT2D eigenvalue weighted by Gasteiger charge is 2.34. The fourth-order valence-electron chi connectivity index (χ4n) is 4.83. The first-order valence-electron chi connectivity index (χ1n) is 12.0. The van der Waals surface area contributed by atoms with Gasteiger partial charge in [-0.05, 0) is 53.8 Å². The minimum absolute atomic E-state index is 0.0952. The first-order valence-corrected chi connectivity index (χ1v) is 12.0. The Hall–Kier alpha value is -4.13. The van der Waals surface area contributed by atoms with Crippen LogP contribution in [0.15, 0.2) is 66.7 Å². The van der Waals surface area contributed by atoms with Crippen LogP contribution in [0, 0.1) is 0 Å². The smallest absolute Gasteiger partial charge is 0.254 e. The predicted octanol–water partition coefficient (Wildman–Crippen LogP) is 4.35. The normalized spacial score (nSPS) is 14.1. The van der Waals surface area contributed by atoms with E-state index < -0.39 is 6.04 Å². The summed E-state index contributed by atoms with van der Waals surface area (Å²) < 4.78 is 0. The molecule has 0 saturated heterocycles. The number of aromatic amines is 1. The molecule has 1 aliphatic heterocycles. The minimum Gasteiger partial charge on any atom is -0.382 e. The van der Waals surface area contributed by atoms with Crippen LogP contribution >= 0.6 is 0 Å². The lowest BCUT2D eigenvalue weighted by molar-refractivity contribution is -0.120. The number of nitrogens with zero attached hydrogens (tertiary/aromatic N) is 2. The van der Waals surface area contributed by atoms with Crippen molar-refractivity contribution in [3.8, 4) is 0 Å². The number of rotatable bonds is 7. The molecule has 7 nitrogen and oxygen atoms in total. The van der Waals surface area contributed by atoms with E-state index >= 15 is 0 Å². The second-order valence-corrected chi connectivity index (χ2v) is 9.05. The molecule has 2 heterocycles. The van der Waals surface area contributed by atoms with Gasteiger partial charge in [-0.2, -0.15) is 5.10 Å². The van der Waals surface area contributed by atoms with Gasteiger partial charge >= 0.3 is 0 Å². The van der Waals surface area contributed by atoms with Crippen LogP contribution in [0.3, 0.4) is 0 Å². The Balaban J connectivity index is 1.43. The van der Waals surface area contributed by atoms with Gasteiger partial charge in [-0.1, -0.05) is 55.8 Å². The SMILES string of the molecule is CCCc1ccc2c(c1)CCN(C(Cc1ccccc1)C(=O)Nc1ccc3c(N)n[nH]c3c1)C2=O. The Bertz CT molecular complexity index is 1380. The maximum Gasteiger partial charge on any atom is 0.254 e. The van der Waals surface area contributed by atoms with Crippen molar-refractivity contribution < 1.29 is 9.59 Å². The number of aromatic nitrogens is 2. The average molecular weight is 468 g/mol. The number of benzene rings is 3. The van der Waals surface area contributed by atoms with Crippen LogP contribution in [0.25, 0.3) is 10.9 Å². The summed E-state index contributed by atoms with van der Waals surface area (Å²) in [7, 11) is 0. The number of nitrogens with one attached hydrogen (secondary N) is 2. The molecule has 35 heavy (non-hydrogen) atoms. The van der Waals surface area contributed by atoms with E-state index in [0.29, 0.717) is 30.0 Å². The molecule has 3 aromatic carbocycles. The van der Waals surface area contributed by atoms with Crippen LogP contribution in [0.4, 0.5) is 11.5 Å². The Morgan fingerprint density at radius 3 is 2.74 bits per heavy atom. The van der Waals surface area contributed by atoms with Crippen LogP contribution < -0.4 is 11.1 Å². The molecule has 0 spiro atoms. The van der Waals surface area contributed by atoms with Gasteiger partial charge < -0.3 is 16.0 Å². The van der Waals surface area contributed by atoms with Crippen molar-refractivity contribution in [1.29, 1.82) is 0 Å². The molecule has 4 N–H and O–H groups in total. The Morgan fingerprint density at radius 1 is 1.11 bits per heavy atom. The number of nitrogen functional groups attached to an aromatic ring is 1. The molecule has 1 aliphatic rings. The van der Waals surface area contributed by atoms with Crippen molar-refractivity contribution in [3.63, 3.8) is 0 Å². The summed E-state index contributed by atoms with van der Waals surface area (Å²) in [6, 6.07) is 20.7. The van der Waals surface area contributed by atoms with Crippen LogP contribution in [0.5, 0.6) is 0 Å². The molecule has 1 atom stereocenters. The Labute approximate surface area is 204 Å². The number of carbonyl (C=O) groups excluding carboxylic acids is 2. The fourth-order valence-corrected chi connectivity index (χ4v) is 4.83. The number of hydrogen-bond acceptors (Lipinski definition) is 4. The molecule has 5 rings (SSSR count). The number of amides is 2. The van der Waals surface area contributed by atoms with Crippen molar-refractivity contribution in [1.82, 2.24) is 15.1 Å². The van der Waals surface area contributed by atoms with E-state index in [1.807, 2.05) is 48.5 Å². The number of anilines is 2. The lowest BCUT2D eigenvalue weighted by atomic mass is 9.93. The van der Waals surface area contributed by atoms with Crippen LogP contribution in [0.1, 0.15) is 40.4 Å². The molecule has 7 heteroatoms. The number of aryl methyl sites for hydroxylation is 1. The van der Waals surface area contributed by atoms with Crippen LogP contribution in [-0.2, 0) is 24.1 Å². The van der Waals surface area contributed by atoms with Crippen molar-refractivity contribution in [2.45, 2.75) is 38.6 Å². The van der Waals surface area contributed by atoms with Crippen molar-refractivity contribution >= 4 is 34.2 Å². The van der Waals surface area contributed by atoms with Crippen molar-refractivity contribution in [2.24, 2.45) is 0 Å². The third-order valence-electron chi connectivity index (χ3n) is 6.63. The summed E-state index contributed by atoms with van der Waals surface area (Å²) in [6.45, 7) is 2.65. The Kier molecular flexibility index (Phi) is 6.23. The summed E-state index contributed by atoms with van der Waals surface area (Å²) >= 11 is 0. The first kappa shape index (κ1) is 22.7. The van der Waals surface area contributed by atoms with Crippen LogP contribution in [0.2, 0.25) is 0 Å². The van der Waals surface area contributed by atoms with E-state index in [4.69, 9.17) is 5.73 Å². The zero-order valence-corrected chi connectivity index (χ0v) is 19.8. The second kappa shape index (κ2) is 9.62. The van der Waals surface area contributed by atoms with Gasteiger partial charge in [0.15, 0.2) is 5.82 Å². The summed E-state index contributed by atoms with van der Waals surface area (Å²) in [4.78, 5) is 28.9. The summed E-state index contributed by atoms with van der Waals surface area (Å²) in [5.41, 5.74) is 11.2. The molecule has 1 aromatic heterocycles. The molecule has 2 amide bonds. The third kappa shape index (κ3) is 4.62. The molecule has 0 radical (unpaired) electrons. The lowest BCUT2D eigenvalue weighted by Crippen LogP contribution is -2.51. The zero-order valence-electron chi connectivity index (χ0n) is 19.8. The van der Waals surface area contributed by atoms with Gasteiger partial charge in [0.2, 0.25) is 5.91 Å². The van der Waals surface area contributed by atoms with Gasteiger partial charge in [0, 0.05) is 29.6 Å². The minimum atomic E-state index is -0.643. The highest BCUT2D eigenvalue weighted by atomic mass is 16.2. The molecule has 0 fully saturated rings. The topological polar surface area (TPSA) is 104 Å². The second-order valence-electron chi connectivity index (χ2n) is 9.05. The van der Waals surface area contributed by atoms with Gasteiger partial charge in [-0.25, -0.2) is 0 Å². The largest absolute Gasteiger partial charge is 0.382 e. The predicted molar refractivity (Wildman–Crippen MR) is 138 cm³/mol. The van der Waals surface area contributed by atoms with E-state index in [1.165, 1.54) is 5.56 Å². The highest BCUT2D eigenvalue weighted by Crippen LogP contribution is 2.26. The summed E-state index contributed by atoms with van der Waals surface area (Å²) in [5, 5.41) is 10.7. The van der Waals surface area contributed by atoms with Crippen LogP contribution in [-0.4, -0.2) is 39.5 Å². The fraction of sp³-hybridized carbons (Fsp3) is 0.250. The molecule has 4 aromatic rings. The number of fused-ring (bicyclic) bond motifs is 2. The summed E-state index contributed by atoms with van der Waals surface area (Å²) in [5.74, 6) is 0.0989. The van der Waals surface area contributed by atoms with Crippen molar-refractivity contribution in [2.75, 3.05) is 17.6 Å². The molecule has 0 aliphatic carbocycles. The van der Waals surface area contributed by atoms with Gasteiger partial charge in [-0.3, -0.25) is 14.7 Å². The van der Waals surface area contributed by atoms with Crippen molar-refractivity contribution in [3.05, 3.63) is 89.0 Å². The molecular weight excluding hydrogens is 438 g/mol. The zero-order chi connectivity index (χ0) is 24.4. The third-order valence-corrected chi connectivity index (χ3v) is 6.63. The van der Waals surface area contributed by atoms with Gasteiger partial charge in [0.1, 0.15) is 6.04 Å². The van der Waals surface area contributed by atoms with Gasteiger partial charge in [0.25, 0.3) is 5.91 Å². The van der Waals surface area contributed by atoms with E-state index in [-0.39, 0.29) is 11.8 Å². The first-order chi connectivity index (χ1) is 17.0. The molecule has 178 valence electrons. The lowest BCUT2D eigenvalue weighted by Gasteiger charge is -2.35. The highest BCUT2D eigenvalue weighted by molar-refractivity contribution is 6.03. The maximum atomic E-state index is 13.6. The number of H-pyrrole nitrogens is 1. The van der Waals surface area contributed by atoms with Gasteiger partial charge in [0.05, 0.1) is 5.52 Å². The Morgan fingerprint density at radius 2 is 1.94 bits per heavy atom. The summed E-state index contributed by atoms with van der Waals surface area (Å²) in [6.07, 6.45) is 3.23. The molecule has 0 saturated carbocycles. The molecular formula is C28H29N5O2. The van der Waals surface area contributed by atoms with E-state index in [0.717, 1.165) is 41.3 Å². The average Bonchev–Trinajstić information content (AvgIpc) is 3.24. The van der Waals surface area contributed by atoms with E-state index in [9.17, 15) is 9.59 Å². The number of carbonyl (C=O) groups is 2. The number of nitrogens with two attached hydrogens (primary N) is 1. The number of hydrogen-bond donors (Lipinski definition) is 3. The van der Waals surface area contributed by atoms with E-state index in [1.54, 1.807) is 17.0 Å².